The van der Waals surface area contributed by atoms with Gasteiger partial charge in [-0.05, 0) is 60.0 Å². The lowest BCUT2D eigenvalue weighted by atomic mass is 9.98. The van der Waals surface area contributed by atoms with Gasteiger partial charge in [0.25, 0.3) is 15.0 Å². The summed E-state index contributed by atoms with van der Waals surface area (Å²) < 4.78 is 64.8. The molecule has 1 aliphatic heterocycles. The molecule has 0 bridgehead atoms. The zero-order valence-electron chi connectivity index (χ0n) is 22.6. The third kappa shape index (κ3) is 5.39. The molecule has 218 valence electrons. The van der Waals surface area contributed by atoms with E-state index in [-0.39, 0.29) is 36.4 Å². The van der Waals surface area contributed by atoms with Gasteiger partial charge in [0.05, 0.1) is 17.8 Å². The van der Waals surface area contributed by atoms with Gasteiger partial charge in [-0.25, -0.2) is 22.0 Å². The number of nitrogens with zero attached hydrogens (tertiary/aromatic N) is 1. The van der Waals surface area contributed by atoms with Crippen molar-refractivity contribution < 1.29 is 36.6 Å². The van der Waals surface area contributed by atoms with Crippen LogP contribution in [-0.2, 0) is 21.2 Å². The number of rotatable bonds is 9. The van der Waals surface area contributed by atoms with Crippen LogP contribution in [0.15, 0.2) is 85.0 Å². The van der Waals surface area contributed by atoms with Gasteiger partial charge in [0.15, 0.2) is 0 Å². The Hall–Kier alpha value is -4.51. The van der Waals surface area contributed by atoms with Crippen LogP contribution in [0.1, 0.15) is 33.5 Å². The molecule has 8 nitrogen and oxygen atoms in total. The number of aryl methyl sites for hydroxylation is 1. The summed E-state index contributed by atoms with van der Waals surface area (Å²) in [6, 6.07) is 15.7. The molecule has 0 saturated carbocycles. The van der Waals surface area contributed by atoms with Crippen LogP contribution in [0.5, 0.6) is 5.75 Å². The molecule has 0 aromatic heterocycles. The highest BCUT2D eigenvalue weighted by Crippen LogP contribution is 2.42. The summed E-state index contributed by atoms with van der Waals surface area (Å²) >= 11 is 0. The predicted octanol–water partition coefficient (Wildman–Crippen LogP) is 4.80. The topological polar surface area (TPSA) is 113 Å². The molecule has 11 heteroatoms. The number of carbonyl (C=O) groups is 2. The first-order chi connectivity index (χ1) is 20.0. The lowest BCUT2D eigenvalue weighted by molar-refractivity contribution is -0.122. The number of carboxylic acids is 1. The maximum Gasteiger partial charge on any atom is 0.335 e. The summed E-state index contributed by atoms with van der Waals surface area (Å²) in [5.74, 6) is -1.75. The standard InChI is InChI=1S/C31H28F2N2O6S/c1-20-18-23(30(37)38)10-11-28(20)41-17-16-34-29(36)27-19-22-6-2-5-9-26(22)35(27)42(39,40)31(33)14-12-21(13-15-31)24-7-3-4-8-25(24)32/h2-14,18,27H,15-17,19H2,1H3,(H,34,36)(H,37,38)/t27-,31?/m0/s1. The third-order valence-corrected chi connectivity index (χ3v) is 9.42. The number of sulfonamides is 1. The van der Waals surface area contributed by atoms with Gasteiger partial charge in [0.2, 0.25) is 5.91 Å². The Morgan fingerprint density at radius 1 is 1.12 bits per heavy atom. The number of anilines is 1. The zero-order chi connectivity index (χ0) is 30.1. The fourth-order valence-corrected chi connectivity index (χ4v) is 6.90. The highest BCUT2D eigenvalue weighted by atomic mass is 32.2. The summed E-state index contributed by atoms with van der Waals surface area (Å²) in [7, 11) is -4.77. The largest absolute Gasteiger partial charge is 0.491 e. The van der Waals surface area contributed by atoms with Crippen molar-refractivity contribution in [3.8, 4) is 5.75 Å². The van der Waals surface area contributed by atoms with E-state index >= 15 is 4.39 Å². The number of carbonyl (C=O) groups excluding carboxylic acids is 1. The molecule has 0 fully saturated rings. The van der Waals surface area contributed by atoms with Crippen molar-refractivity contribution in [1.29, 1.82) is 0 Å². The van der Waals surface area contributed by atoms with Crippen molar-refractivity contribution in [3.05, 3.63) is 113 Å². The molecule has 0 saturated heterocycles. The number of hydrogen-bond donors (Lipinski definition) is 2. The van der Waals surface area contributed by atoms with Crippen LogP contribution >= 0.6 is 0 Å². The molecule has 5 rings (SSSR count). The predicted molar refractivity (Wildman–Crippen MR) is 154 cm³/mol. The van der Waals surface area contributed by atoms with Gasteiger partial charge in [0.1, 0.15) is 24.2 Å². The number of nitrogens with one attached hydrogen (secondary N) is 1. The average molecular weight is 595 g/mol. The Bertz CT molecular complexity index is 1720. The van der Waals surface area contributed by atoms with Crippen molar-refractivity contribution in [2.24, 2.45) is 0 Å². The van der Waals surface area contributed by atoms with Gasteiger partial charge in [-0.2, -0.15) is 0 Å². The van der Waals surface area contributed by atoms with Crippen LogP contribution in [0.25, 0.3) is 5.57 Å². The van der Waals surface area contributed by atoms with E-state index < -0.39 is 45.2 Å². The van der Waals surface area contributed by atoms with Gasteiger partial charge >= 0.3 is 5.97 Å². The van der Waals surface area contributed by atoms with E-state index in [2.05, 4.69) is 5.32 Å². The van der Waals surface area contributed by atoms with E-state index in [0.29, 0.717) is 22.4 Å². The van der Waals surface area contributed by atoms with Crippen LogP contribution < -0.4 is 14.4 Å². The molecule has 1 unspecified atom stereocenters. The lowest BCUT2D eigenvalue weighted by Gasteiger charge is -2.33. The molecule has 3 aromatic carbocycles. The van der Waals surface area contributed by atoms with E-state index in [1.165, 1.54) is 54.6 Å². The molecule has 3 aromatic rings. The van der Waals surface area contributed by atoms with Gasteiger partial charge in [-0.1, -0.05) is 48.6 Å². The van der Waals surface area contributed by atoms with Crippen LogP contribution in [-0.4, -0.2) is 49.6 Å². The average Bonchev–Trinajstić information content (AvgIpc) is 3.37. The number of aromatic carboxylic acids is 1. The monoisotopic (exact) mass is 594 g/mol. The number of carboxylic acid groups (broad SMARTS) is 1. The number of amides is 1. The first-order valence-corrected chi connectivity index (χ1v) is 14.7. The van der Waals surface area contributed by atoms with Crippen LogP contribution in [0.2, 0.25) is 0 Å². The number of halogens is 2. The van der Waals surface area contributed by atoms with E-state index in [0.717, 1.165) is 10.4 Å². The van der Waals surface area contributed by atoms with Crippen molar-refractivity contribution >= 4 is 33.2 Å². The summed E-state index contributed by atoms with van der Waals surface area (Å²) in [6.07, 6.45) is 2.99. The number of hydrogen-bond acceptors (Lipinski definition) is 5. The summed E-state index contributed by atoms with van der Waals surface area (Å²) in [4.78, 5) is 24.4. The quantitative estimate of drug-likeness (QED) is 0.345. The first-order valence-electron chi connectivity index (χ1n) is 13.2. The fourth-order valence-electron chi connectivity index (χ4n) is 5.10. The molecule has 42 heavy (non-hydrogen) atoms. The minimum atomic E-state index is -4.77. The second-order valence-corrected chi connectivity index (χ2v) is 12.1. The maximum atomic E-state index is 16.3. The Morgan fingerprint density at radius 2 is 1.86 bits per heavy atom. The van der Waals surface area contributed by atoms with Crippen LogP contribution in [0, 0.1) is 12.7 Å². The molecule has 1 aliphatic carbocycles. The van der Waals surface area contributed by atoms with E-state index in [1.807, 2.05) is 0 Å². The summed E-state index contributed by atoms with van der Waals surface area (Å²) in [5.41, 5.74) is 2.11. The minimum Gasteiger partial charge on any atom is -0.491 e. The second kappa shape index (κ2) is 11.4. The molecule has 2 N–H and O–H groups in total. The molecule has 1 heterocycles. The Kier molecular flexibility index (Phi) is 7.87. The Labute approximate surface area is 242 Å². The normalized spacial score (nSPS) is 19.6. The number of fused-ring (bicyclic) bond motifs is 1. The van der Waals surface area contributed by atoms with Gasteiger partial charge < -0.3 is 15.2 Å². The fraction of sp³-hybridized carbons (Fsp3) is 0.226. The number of para-hydroxylation sites is 1. The highest BCUT2D eigenvalue weighted by Gasteiger charge is 2.52. The zero-order valence-corrected chi connectivity index (χ0v) is 23.4. The first kappa shape index (κ1) is 29.0. The molecular weight excluding hydrogens is 566 g/mol. The molecule has 0 spiro atoms. The van der Waals surface area contributed by atoms with Gasteiger partial charge in [-0.3, -0.25) is 9.10 Å². The van der Waals surface area contributed by atoms with Crippen molar-refractivity contribution in [2.45, 2.75) is 30.8 Å². The van der Waals surface area contributed by atoms with E-state index in [1.54, 1.807) is 31.2 Å². The third-order valence-electron chi connectivity index (χ3n) is 7.29. The molecule has 0 radical (unpaired) electrons. The minimum absolute atomic E-state index is 0.0229. The Balaban J connectivity index is 1.31. The summed E-state index contributed by atoms with van der Waals surface area (Å²) in [6.45, 7) is 1.75. The number of ether oxygens (including phenoxy) is 1. The number of allylic oxidation sites excluding steroid dienone is 3. The van der Waals surface area contributed by atoms with Gasteiger partial charge in [-0.15, -0.1) is 0 Å². The van der Waals surface area contributed by atoms with E-state index in [9.17, 15) is 22.4 Å². The molecular formula is C31H28F2N2O6S. The van der Waals surface area contributed by atoms with Crippen molar-refractivity contribution in [2.75, 3.05) is 17.5 Å². The van der Waals surface area contributed by atoms with Crippen molar-refractivity contribution in [1.82, 2.24) is 5.32 Å². The van der Waals surface area contributed by atoms with Crippen LogP contribution in [0.4, 0.5) is 14.5 Å². The Morgan fingerprint density at radius 3 is 2.55 bits per heavy atom. The van der Waals surface area contributed by atoms with Gasteiger partial charge in [0, 0.05) is 18.4 Å². The number of benzene rings is 3. The SMILES string of the molecule is Cc1cc(C(=O)O)ccc1OCCNC(=O)[C@@H]1Cc2ccccc2N1S(=O)(=O)C1(F)C=CC(c2ccccc2F)=CC1. The summed E-state index contributed by atoms with van der Waals surface area (Å²) in [5, 5.41) is 8.92. The van der Waals surface area contributed by atoms with Crippen LogP contribution in [0.3, 0.4) is 0 Å². The molecule has 2 aliphatic rings. The smallest absolute Gasteiger partial charge is 0.335 e. The molecule has 2 atom stereocenters. The maximum absolute atomic E-state index is 16.3. The van der Waals surface area contributed by atoms with Crippen molar-refractivity contribution in [3.63, 3.8) is 0 Å². The second-order valence-electron chi connectivity index (χ2n) is 10.0. The van der Waals surface area contributed by atoms with E-state index in [4.69, 9.17) is 9.84 Å². The lowest BCUT2D eigenvalue weighted by Crippen LogP contribution is -2.53. The number of alkyl halides is 1. The molecule has 1 amide bonds. The highest BCUT2D eigenvalue weighted by molar-refractivity contribution is 7.94.